The highest BCUT2D eigenvalue weighted by atomic mass is 16.5. The van der Waals surface area contributed by atoms with E-state index in [9.17, 15) is 4.79 Å². The molecule has 1 fully saturated rings. The molecule has 0 unspecified atom stereocenters. The first kappa shape index (κ1) is 16.3. The van der Waals surface area contributed by atoms with E-state index in [2.05, 4.69) is 41.3 Å². The number of morpholine rings is 1. The van der Waals surface area contributed by atoms with Crippen molar-refractivity contribution in [3.8, 4) is 0 Å². The number of hydrogen-bond acceptors (Lipinski definition) is 3. The second kappa shape index (κ2) is 7.38. The zero-order valence-corrected chi connectivity index (χ0v) is 14.4. The summed E-state index contributed by atoms with van der Waals surface area (Å²) in [5.74, 6) is 0.225. The Morgan fingerprint density at radius 1 is 1.00 bits per heavy atom. The molecule has 1 amide bonds. The largest absolute Gasteiger partial charge is 0.371 e. The van der Waals surface area contributed by atoms with E-state index >= 15 is 0 Å². The van der Waals surface area contributed by atoms with Crippen LogP contribution < -0.4 is 0 Å². The summed E-state index contributed by atoms with van der Waals surface area (Å²) in [4.78, 5) is 17.0. The van der Waals surface area contributed by atoms with Gasteiger partial charge in [-0.1, -0.05) is 54.6 Å². The number of benzene rings is 2. The van der Waals surface area contributed by atoms with Gasteiger partial charge >= 0.3 is 0 Å². The molecule has 2 aromatic rings. The van der Waals surface area contributed by atoms with Gasteiger partial charge in [0.1, 0.15) is 0 Å². The summed E-state index contributed by atoms with van der Waals surface area (Å²) in [5.41, 5.74) is 3.85. The van der Waals surface area contributed by atoms with Gasteiger partial charge in [0.2, 0.25) is 5.91 Å². The van der Waals surface area contributed by atoms with E-state index in [0.29, 0.717) is 13.2 Å². The van der Waals surface area contributed by atoms with Gasteiger partial charge in [-0.3, -0.25) is 9.69 Å². The van der Waals surface area contributed by atoms with Crippen LogP contribution in [0.5, 0.6) is 0 Å². The summed E-state index contributed by atoms with van der Waals surface area (Å²) in [6.07, 6.45) is 1.02. The van der Waals surface area contributed by atoms with Gasteiger partial charge in [-0.25, -0.2) is 0 Å². The van der Waals surface area contributed by atoms with Gasteiger partial charge in [0, 0.05) is 26.2 Å². The van der Waals surface area contributed by atoms with Crippen molar-refractivity contribution in [3.63, 3.8) is 0 Å². The third kappa shape index (κ3) is 3.75. The Hall–Kier alpha value is -2.17. The number of fused-ring (bicyclic) bond motifs is 1. The maximum atomic E-state index is 12.8. The number of carbonyl (C=O) groups excluding carboxylic acids is 1. The molecule has 4 heteroatoms. The van der Waals surface area contributed by atoms with Crippen molar-refractivity contribution in [2.45, 2.75) is 19.1 Å². The number of ether oxygens (including phenoxy) is 1. The number of nitrogens with zero attached hydrogens (tertiary/aromatic N) is 2. The molecule has 2 heterocycles. The maximum Gasteiger partial charge on any atom is 0.237 e. The van der Waals surface area contributed by atoms with Crippen molar-refractivity contribution in [2.24, 2.45) is 0 Å². The molecule has 0 aliphatic carbocycles. The Morgan fingerprint density at radius 2 is 1.76 bits per heavy atom. The second-order valence-electron chi connectivity index (χ2n) is 6.84. The Kier molecular flexibility index (Phi) is 4.81. The standard InChI is InChI=1S/C21H24N2O2/c24-21(23-11-10-17-6-4-5-9-19(17)14-23)16-22-12-13-25-20(15-22)18-7-2-1-3-8-18/h1-9,20H,10-16H2/t20-/m0/s1. The monoisotopic (exact) mass is 336 g/mol. The van der Waals surface area contributed by atoms with Gasteiger partial charge < -0.3 is 9.64 Å². The first-order valence-corrected chi connectivity index (χ1v) is 9.03. The maximum absolute atomic E-state index is 12.8. The summed E-state index contributed by atoms with van der Waals surface area (Å²) in [5, 5.41) is 0. The Morgan fingerprint density at radius 3 is 2.60 bits per heavy atom. The number of carbonyl (C=O) groups is 1. The minimum atomic E-state index is 0.0600. The van der Waals surface area contributed by atoms with E-state index in [1.54, 1.807) is 0 Å². The lowest BCUT2D eigenvalue weighted by atomic mass is 10.00. The third-order valence-corrected chi connectivity index (χ3v) is 5.16. The molecule has 1 saturated heterocycles. The van der Waals surface area contributed by atoms with Crippen LogP contribution in [0, 0.1) is 0 Å². The Bertz CT molecular complexity index is 732. The molecule has 2 aliphatic rings. The van der Waals surface area contributed by atoms with E-state index < -0.39 is 0 Å². The Balaban J connectivity index is 1.36. The molecule has 4 nitrogen and oxygen atoms in total. The molecule has 0 N–H and O–H groups in total. The van der Waals surface area contributed by atoms with Gasteiger partial charge in [-0.05, 0) is 23.1 Å². The molecule has 0 spiro atoms. The topological polar surface area (TPSA) is 32.8 Å². The minimum Gasteiger partial charge on any atom is -0.371 e. The van der Waals surface area contributed by atoms with Gasteiger partial charge in [-0.2, -0.15) is 0 Å². The molecule has 25 heavy (non-hydrogen) atoms. The molecule has 0 radical (unpaired) electrons. The van der Waals surface area contributed by atoms with Crippen LogP contribution in [-0.2, 0) is 22.5 Å². The fraction of sp³-hybridized carbons (Fsp3) is 0.381. The number of amides is 1. The third-order valence-electron chi connectivity index (χ3n) is 5.16. The predicted molar refractivity (Wildman–Crippen MR) is 97.1 cm³/mol. The van der Waals surface area contributed by atoms with E-state index in [1.165, 1.54) is 16.7 Å². The van der Waals surface area contributed by atoms with Gasteiger partial charge in [-0.15, -0.1) is 0 Å². The SMILES string of the molecule is O=C(CN1CCO[C@H](c2ccccc2)C1)N1CCc2ccccc2C1. The van der Waals surface area contributed by atoms with Crippen LogP contribution in [0.2, 0.25) is 0 Å². The summed E-state index contributed by atoms with van der Waals surface area (Å²) < 4.78 is 5.90. The summed E-state index contributed by atoms with van der Waals surface area (Å²) >= 11 is 0. The molecule has 0 bridgehead atoms. The summed E-state index contributed by atoms with van der Waals surface area (Å²) in [6.45, 7) is 4.31. The smallest absolute Gasteiger partial charge is 0.237 e. The van der Waals surface area contributed by atoms with Gasteiger partial charge in [0.15, 0.2) is 0 Å². The van der Waals surface area contributed by atoms with Gasteiger partial charge in [0.05, 0.1) is 19.3 Å². The van der Waals surface area contributed by atoms with Crippen LogP contribution in [0.1, 0.15) is 22.8 Å². The first-order valence-electron chi connectivity index (χ1n) is 9.03. The average molecular weight is 336 g/mol. The zero-order valence-electron chi connectivity index (χ0n) is 14.4. The van der Waals surface area contributed by atoms with Crippen molar-refractivity contribution < 1.29 is 9.53 Å². The molecule has 4 rings (SSSR count). The Labute approximate surface area is 149 Å². The van der Waals surface area contributed by atoms with E-state index in [1.807, 2.05) is 23.1 Å². The summed E-state index contributed by atoms with van der Waals surface area (Å²) in [7, 11) is 0. The van der Waals surface area contributed by atoms with Crippen molar-refractivity contribution in [1.29, 1.82) is 0 Å². The molecular weight excluding hydrogens is 312 g/mol. The number of rotatable bonds is 3. The lowest BCUT2D eigenvalue weighted by Gasteiger charge is -2.35. The van der Waals surface area contributed by atoms with Crippen LogP contribution in [0.4, 0.5) is 0 Å². The van der Waals surface area contributed by atoms with E-state index in [-0.39, 0.29) is 12.0 Å². The van der Waals surface area contributed by atoms with Crippen molar-refractivity contribution in [2.75, 3.05) is 32.8 Å². The lowest BCUT2D eigenvalue weighted by Crippen LogP contribution is -2.46. The molecule has 2 aliphatic heterocycles. The van der Waals surface area contributed by atoms with Crippen LogP contribution in [-0.4, -0.2) is 48.5 Å². The highest BCUT2D eigenvalue weighted by molar-refractivity contribution is 5.78. The molecule has 0 aromatic heterocycles. The van der Waals surface area contributed by atoms with Crippen molar-refractivity contribution >= 4 is 5.91 Å². The molecule has 0 saturated carbocycles. The van der Waals surface area contributed by atoms with Crippen LogP contribution in [0.25, 0.3) is 0 Å². The molecular formula is C21H24N2O2. The van der Waals surface area contributed by atoms with Crippen molar-refractivity contribution in [1.82, 2.24) is 9.80 Å². The fourth-order valence-corrected chi connectivity index (χ4v) is 3.72. The van der Waals surface area contributed by atoms with E-state index in [4.69, 9.17) is 4.74 Å². The fourth-order valence-electron chi connectivity index (χ4n) is 3.72. The normalized spacial score (nSPS) is 21.0. The van der Waals surface area contributed by atoms with Gasteiger partial charge in [0.25, 0.3) is 0 Å². The predicted octanol–water partition coefficient (Wildman–Crippen LogP) is 2.64. The highest BCUT2D eigenvalue weighted by Gasteiger charge is 2.26. The zero-order chi connectivity index (χ0) is 17.1. The first-order chi connectivity index (χ1) is 12.3. The van der Waals surface area contributed by atoms with Crippen molar-refractivity contribution in [3.05, 3.63) is 71.3 Å². The van der Waals surface area contributed by atoms with Crippen LogP contribution in [0.15, 0.2) is 54.6 Å². The average Bonchev–Trinajstić information content (AvgIpc) is 2.68. The minimum absolute atomic E-state index is 0.0600. The van der Waals surface area contributed by atoms with E-state index in [0.717, 1.165) is 32.6 Å². The number of hydrogen-bond donors (Lipinski definition) is 0. The molecule has 1 atom stereocenters. The summed E-state index contributed by atoms with van der Waals surface area (Å²) in [6, 6.07) is 18.7. The molecule has 130 valence electrons. The molecule has 2 aromatic carbocycles. The quantitative estimate of drug-likeness (QED) is 0.864. The van der Waals surface area contributed by atoms with Crippen LogP contribution >= 0.6 is 0 Å². The highest BCUT2D eigenvalue weighted by Crippen LogP contribution is 2.23. The second-order valence-corrected chi connectivity index (χ2v) is 6.84. The van der Waals surface area contributed by atoms with Crippen LogP contribution in [0.3, 0.4) is 0 Å². The lowest BCUT2D eigenvalue weighted by molar-refractivity contribution is -0.135.